The molecule has 1 aromatic heterocycles. The summed E-state index contributed by atoms with van der Waals surface area (Å²) in [6, 6.07) is -0.370. The van der Waals surface area contributed by atoms with E-state index >= 15 is 0 Å². The number of hydrogen-bond donors (Lipinski definition) is 1. The number of methoxy groups -OCH3 is 1. The van der Waals surface area contributed by atoms with Crippen molar-refractivity contribution in [3.05, 3.63) is 11.9 Å². The first kappa shape index (κ1) is 15.1. The van der Waals surface area contributed by atoms with Gasteiger partial charge in [0.1, 0.15) is 6.04 Å². The fraction of sp³-hybridized carbons (Fsp3) is 0.667. The predicted octanol–water partition coefficient (Wildman–Crippen LogP) is 0.930. The Hall–Kier alpha value is -1.92. The summed E-state index contributed by atoms with van der Waals surface area (Å²) in [5.74, 6) is -0.714. The number of amides is 1. The van der Waals surface area contributed by atoms with Crippen molar-refractivity contribution in [3.63, 3.8) is 0 Å². The number of nitrogens with one attached hydrogen (secondary N) is 1. The Morgan fingerprint density at radius 3 is 2.58 bits per heavy atom. The van der Waals surface area contributed by atoms with E-state index in [9.17, 15) is 9.59 Å². The third kappa shape index (κ3) is 3.77. The number of rotatable bonds is 6. The van der Waals surface area contributed by atoms with Crippen LogP contribution in [0.3, 0.4) is 0 Å². The van der Waals surface area contributed by atoms with Crippen LogP contribution in [0.1, 0.15) is 50.1 Å². The molecule has 0 aromatic carbocycles. The van der Waals surface area contributed by atoms with Crippen molar-refractivity contribution >= 4 is 11.9 Å². The van der Waals surface area contributed by atoms with Crippen molar-refractivity contribution in [3.8, 4) is 0 Å². The monoisotopic (exact) mass is 268 g/mol. The first-order chi connectivity index (χ1) is 9.03. The second kappa shape index (κ2) is 6.86. The average Bonchev–Trinajstić information content (AvgIpc) is 2.92. The van der Waals surface area contributed by atoms with Crippen LogP contribution in [0.25, 0.3) is 0 Å². The summed E-state index contributed by atoms with van der Waals surface area (Å²) in [6.45, 7) is 5.74. The molecule has 0 saturated heterocycles. The minimum atomic E-state index is -0.571. The zero-order valence-electron chi connectivity index (χ0n) is 11.7. The molecule has 1 aromatic rings. The fourth-order valence-corrected chi connectivity index (χ4v) is 1.60. The summed E-state index contributed by atoms with van der Waals surface area (Å²) in [4.78, 5) is 23.3. The van der Waals surface area contributed by atoms with Crippen LogP contribution in [0, 0.1) is 0 Å². The average molecular weight is 268 g/mol. The molecular formula is C12H20N4O3. The summed E-state index contributed by atoms with van der Waals surface area (Å²) in [5, 5.41) is 10.4. The first-order valence-electron chi connectivity index (χ1n) is 6.33. The van der Waals surface area contributed by atoms with E-state index in [1.807, 2.05) is 13.8 Å². The Morgan fingerprint density at radius 2 is 2.05 bits per heavy atom. The molecule has 0 aliphatic rings. The van der Waals surface area contributed by atoms with Crippen molar-refractivity contribution in [2.45, 2.75) is 45.7 Å². The van der Waals surface area contributed by atoms with E-state index < -0.39 is 12.0 Å². The van der Waals surface area contributed by atoms with Crippen LogP contribution >= 0.6 is 0 Å². The largest absolute Gasteiger partial charge is 0.464 e. The van der Waals surface area contributed by atoms with E-state index in [4.69, 9.17) is 0 Å². The smallest absolute Gasteiger partial charge is 0.360 e. The maximum absolute atomic E-state index is 12.0. The van der Waals surface area contributed by atoms with E-state index in [0.29, 0.717) is 0 Å². The fourth-order valence-electron chi connectivity index (χ4n) is 1.60. The van der Waals surface area contributed by atoms with Crippen molar-refractivity contribution in [2.75, 3.05) is 7.11 Å². The number of carbonyl (C=O) groups is 2. The third-order valence-corrected chi connectivity index (χ3v) is 3.01. The zero-order valence-corrected chi connectivity index (χ0v) is 11.7. The van der Waals surface area contributed by atoms with Gasteiger partial charge in [-0.1, -0.05) is 19.1 Å². The molecule has 1 N–H and O–H groups in total. The number of carbonyl (C=O) groups excluding carboxylic acids is 2. The predicted molar refractivity (Wildman–Crippen MR) is 68.6 cm³/mol. The Kier molecular flexibility index (Phi) is 5.47. The molecule has 0 spiro atoms. The van der Waals surface area contributed by atoms with Crippen LogP contribution in [0.2, 0.25) is 0 Å². The highest BCUT2D eigenvalue weighted by molar-refractivity contribution is 5.86. The summed E-state index contributed by atoms with van der Waals surface area (Å²) < 4.78 is 5.88. The van der Waals surface area contributed by atoms with Crippen molar-refractivity contribution in [1.82, 2.24) is 20.3 Å². The topological polar surface area (TPSA) is 86.1 Å². The number of hydrogen-bond acceptors (Lipinski definition) is 5. The summed E-state index contributed by atoms with van der Waals surface area (Å²) >= 11 is 0. The lowest BCUT2D eigenvalue weighted by Crippen LogP contribution is -2.38. The maximum atomic E-state index is 12.0. The summed E-state index contributed by atoms with van der Waals surface area (Å²) in [7, 11) is 1.27. The van der Waals surface area contributed by atoms with Crippen molar-refractivity contribution in [2.24, 2.45) is 0 Å². The van der Waals surface area contributed by atoms with Crippen LogP contribution in [0.15, 0.2) is 6.20 Å². The summed E-state index contributed by atoms with van der Waals surface area (Å²) in [6.07, 6.45) is 3.16. The molecule has 0 fully saturated rings. The molecule has 0 bridgehead atoms. The van der Waals surface area contributed by atoms with Gasteiger partial charge in [0.25, 0.3) is 0 Å². The van der Waals surface area contributed by atoms with E-state index in [2.05, 4.69) is 20.4 Å². The normalized spacial score (nSPS) is 12.3. The first-order valence-corrected chi connectivity index (χ1v) is 6.33. The molecule has 1 unspecified atom stereocenters. The highest BCUT2D eigenvalue weighted by Crippen LogP contribution is 2.07. The van der Waals surface area contributed by atoms with E-state index in [1.165, 1.54) is 18.0 Å². The third-order valence-electron chi connectivity index (χ3n) is 3.01. The molecule has 1 atom stereocenters. The van der Waals surface area contributed by atoms with Gasteiger partial charge in [0.15, 0.2) is 5.69 Å². The Morgan fingerprint density at radius 1 is 1.42 bits per heavy atom. The van der Waals surface area contributed by atoms with Crippen LogP contribution in [-0.4, -0.2) is 40.0 Å². The van der Waals surface area contributed by atoms with Gasteiger partial charge >= 0.3 is 5.97 Å². The highest BCUT2D eigenvalue weighted by Gasteiger charge is 2.20. The molecule has 0 radical (unpaired) electrons. The highest BCUT2D eigenvalue weighted by atomic mass is 16.5. The molecule has 1 rings (SSSR count). The quantitative estimate of drug-likeness (QED) is 0.776. The Bertz CT molecular complexity index is 440. The van der Waals surface area contributed by atoms with Gasteiger partial charge in [-0.25, -0.2) is 9.48 Å². The lowest BCUT2D eigenvalue weighted by molar-refractivity contribution is -0.124. The lowest BCUT2D eigenvalue weighted by Gasteiger charge is -2.18. The Balaban J connectivity index is 2.71. The standard InChI is InChI=1S/C12H20N4O3/c1-5-9(6-2)13-11(17)8(3)16-7-10(14-15-16)12(18)19-4/h7-9H,5-6H2,1-4H3,(H,13,17). The van der Waals surface area contributed by atoms with Gasteiger partial charge in [0.05, 0.1) is 13.3 Å². The van der Waals surface area contributed by atoms with E-state index in [0.717, 1.165) is 12.8 Å². The molecule has 19 heavy (non-hydrogen) atoms. The van der Waals surface area contributed by atoms with Gasteiger partial charge in [-0.05, 0) is 19.8 Å². The van der Waals surface area contributed by atoms with Gasteiger partial charge in [-0.3, -0.25) is 4.79 Å². The SMILES string of the molecule is CCC(CC)NC(=O)C(C)n1cc(C(=O)OC)nn1. The number of esters is 1. The maximum Gasteiger partial charge on any atom is 0.360 e. The molecule has 1 heterocycles. The second-order valence-electron chi connectivity index (χ2n) is 4.27. The van der Waals surface area contributed by atoms with Gasteiger partial charge < -0.3 is 10.1 Å². The van der Waals surface area contributed by atoms with Gasteiger partial charge in [0, 0.05) is 6.04 Å². The molecule has 7 nitrogen and oxygen atoms in total. The minimum absolute atomic E-state index is 0.0877. The Labute approximate surface area is 112 Å². The van der Waals surface area contributed by atoms with Gasteiger partial charge in [0.2, 0.25) is 5.91 Å². The molecule has 7 heteroatoms. The van der Waals surface area contributed by atoms with Crippen molar-refractivity contribution < 1.29 is 14.3 Å². The van der Waals surface area contributed by atoms with Gasteiger partial charge in [-0.2, -0.15) is 0 Å². The number of ether oxygens (including phenoxy) is 1. The summed E-state index contributed by atoms with van der Waals surface area (Å²) in [5.41, 5.74) is 0.0877. The number of nitrogens with zero attached hydrogens (tertiary/aromatic N) is 3. The zero-order chi connectivity index (χ0) is 14.4. The molecule has 0 aliphatic heterocycles. The second-order valence-corrected chi connectivity index (χ2v) is 4.27. The van der Waals surface area contributed by atoms with Crippen LogP contribution in [0.5, 0.6) is 0 Å². The molecule has 0 saturated carbocycles. The lowest BCUT2D eigenvalue weighted by atomic mass is 10.1. The number of aromatic nitrogens is 3. The molecular weight excluding hydrogens is 248 g/mol. The van der Waals surface area contributed by atoms with Crippen molar-refractivity contribution in [1.29, 1.82) is 0 Å². The molecule has 0 aliphatic carbocycles. The van der Waals surface area contributed by atoms with Crippen LogP contribution < -0.4 is 5.32 Å². The molecule has 106 valence electrons. The van der Waals surface area contributed by atoms with E-state index in [-0.39, 0.29) is 17.6 Å². The minimum Gasteiger partial charge on any atom is -0.464 e. The van der Waals surface area contributed by atoms with E-state index in [1.54, 1.807) is 6.92 Å². The van der Waals surface area contributed by atoms with Gasteiger partial charge in [-0.15, -0.1) is 5.10 Å². The van der Waals surface area contributed by atoms with Crippen LogP contribution in [0.4, 0.5) is 0 Å². The van der Waals surface area contributed by atoms with Crippen LogP contribution in [-0.2, 0) is 9.53 Å². The molecule has 1 amide bonds.